The van der Waals surface area contributed by atoms with Crippen LogP contribution >= 0.6 is 0 Å². The topological polar surface area (TPSA) is 9.23 Å². The maximum atomic E-state index is 6.25. The third kappa shape index (κ3) is 1.84. The van der Waals surface area contributed by atoms with Crippen molar-refractivity contribution >= 4 is 0 Å². The second-order valence-corrected chi connectivity index (χ2v) is 5.63. The van der Waals surface area contributed by atoms with Crippen molar-refractivity contribution in [3.63, 3.8) is 0 Å². The Morgan fingerprint density at radius 2 is 2.21 bits per heavy atom. The van der Waals surface area contributed by atoms with Gasteiger partial charge in [-0.05, 0) is 44.4 Å². The molecule has 0 amide bonds. The predicted molar refractivity (Wildman–Crippen MR) is 59.3 cm³/mol. The fourth-order valence-electron chi connectivity index (χ4n) is 3.48. The summed E-state index contributed by atoms with van der Waals surface area (Å²) in [7, 11) is 0. The molecule has 14 heavy (non-hydrogen) atoms. The maximum Gasteiger partial charge on any atom is 0.0661 e. The fourth-order valence-corrected chi connectivity index (χ4v) is 3.48. The molecule has 2 heterocycles. The molecule has 3 rings (SSSR count). The zero-order valence-corrected chi connectivity index (χ0v) is 9.88. The number of unbranched alkanes of at least 4 members (excludes halogenated alkanes) is 1. The first-order valence-corrected chi connectivity index (χ1v) is 6.32. The minimum Gasteiger partial charge on any atom is -0.372 e. The second-order valence-electron chi connectivity index (χ2n) is 5.63. The molecule has 0 radical (unpaired) electrons. The zero-order chi connectivity index (χ0) is 10.2. The molecule has 2 aliphatic heterocycles. The van der Waals surface area contributed by atoms with Gasteiger partial charge < -0.3 is 4.74 Å². The Hall–Kier alpha value is -0.0400. The normalized spacial score (nSPS) is 46.9. The molecule has 2 saturated heterocycles. The molecule has 1 heteroatoms. The zero-order valence-electron chi connectivity index (χ0n) is 9.88. The third-order valence-corrected chi connectivity index (χ3v) is 4.25. The Kier molecular flexibility index (Phi) is 2.88. The molecule has 82 valence electrons. The summed E-state index contributed by atoms with van der Waals surface area (Å²) in [6.45, 7) is 7.01. The summed E-state index contributed by atoms with van der Waals surface area (Å²) in [5.41, 5.74) is 0.229. The summed E-state index contributed by atoms with van der Waals surface area (Å²) >= 11 is 0. The smallest absolute Gasteiger partial charge is 0.0661 e. The summed E-state index contributed by atoms with van der Waals surface area (Å²) in [6, 6.07) is 0. The molecule has 0 spiro atoms. The van der Waals surface area contributed by atoms with E-state index in [1.165, 1.54) is 38.5 Å². The lowest BCUT2D eigenvalue weighted by Crippen LogP contribution is -2.52. The van der Waals surface area contributed by atoms with Gasteiger partial charge in [0.15, 0.2) is 0 Å². The van der Waals surface area contributed by atoms with Crippen LogP contribution in [0.3, 0.4) is 0 Å². The van der Waals surface area contributed by atoms with Crippen molar-refractivity contribution in [2.75, 3.05) is 0 Å². The molecule has 4 atom stereocenters. The van der Waals surface area contributed by atoms with Crippen molar-refractivity contribution < 1.29 is 4.74 Å². The highest BCUT2D eigenvalue weighted by Gasteiger charge is 2.47. The molecule has 0 aromatic heterocycles. The van der Waals surface area contributed by atoms with Crippen LogP contribution in [-0.4, -0.2) is 11.7 Å². The molecule has 0 aromatic rings. The van der Waals surface area contributed by atoms with Gasteiger partial charge in [0.1, 0.15) is 0 Å². The maximum absolute atomic E-state index is 6.25. The van der Waals surface area contributed by atoms with E-state index in [9.17, 15) is 0 Å². The molecule has 3 fully saturated rings. The van der Waals surface area contributed by atoms with E-state index in [1.54, 1.807) is 0 Å². The van der Waals surface area contributed by atoms with Crippen LogP contribution in [0.1, 0.15) is 59.3 Å². The van der Waals surface area contributed by atoms with Gasteiger partial charge in [-0.1, -0.05) is 26.7 Å². The molecule has 0 N–H and O–H groups in total. The molecule has 1 aliphatic carbocycles. The van der Waals surface area contributed by atoms with Gasteiger partial charge in [-0.2, -0.15) is 0 Å². The Morgan fingerprint density at radius 1 is 1.43 bits per heavy atom. The van der Waals surface area contributed by atoms with Crippen LogP contribution in [0.25, 0.3) is 0 Å². The van der Waals surface area contributed by atoms with E-state index in [4.69, 9.17) is 4.74 Å². The highest BCUT2D eigenvalue weighted by molar-refractivity contribution is 4.96. The average molecular weight is 196 g/mol. The van der Waals surface area contributed by atoms with E-state index in [1.807, 2.05) is 0 Å². The quantitative estimate of drug-likeness (QED) is 0.667. The monoisotopic (exact) mass is 196 g/mol. The van der Waals surface area contributed by atoms with Crippen molar-refractivity contribution in [2.24, 2.45) is 11.8 Å². The predicted octanol–water partition coefficient (Wildman–Crippen LogP) is 3.77. The molecule has 1 nitrogen and oxygen atoms in total. The standard InChI is InChI=1S/C13H24O/c1-4-5-6-12-11-7-8-13(3,14-12)9-10(11)2/h10-12H,4-9H2,1-3H3/t10-,11-,12+,13+/m0/s1. The largest absolute Gasteiger partial charge is 0.372 e. The second kappa shape index (κ2) is 3.84. The Morgan fingerprint density at radius 3 is 2.79 bits per heavy atom. The number of hydrogen-bond donors (Lipinski definition) is 0. The number of rotatable bonds is 3. The van der Waals surface area contributed by atoms with Crippen LogP contribution in [0, 0.1) is 11.8 Å². The first-order valence-electron chi connectivity index (χ1n) is 6.32. The number of hydrogen-bond acceptors (Lipinski definition) is 1. The number of ether oxygens (including phenoxy) is 1. The third-order valence-electron chi connectivity index (χ3n) is 4.25. The lowest BCUT2D eigenvalue weighted by Gasteiger charge is -2.52. The molecule has 3 aliphatic rings. The molecule has 1 saturated carbocycles. The van der Waals surface area contributed by atoms with E-state index in [2.05, 4.69) is 20.8 Å². The molecular weight excluding hydrogens is 172 g/mol. The van der Waals surface area contributed by atoms with Crippen molar-refractivity contribution in [1.29, 1.82) is 0 Å². The van der Waals surface area contributed by atoms with Crippen LogP contribution in [0.2, 0.25) is 0 Å². The van der Waals surface area contributed by atoms with Gasteiger partial charge in [-0.15, -0.1) is 0 Å². The first-order chi connectivity index (χ1) is 6.64. The van der Waals surface area contributed by atoms with E-state index in [0.717, 1.165) is 11.8 Å². The van der Waals surface area contributed by atoms with Gasteiger partial charge in [-0.25, -0.2) is 0 Å². The number of fused-ring (bicyclic) bond motifs is 3. The Bertz CT molecular complexity index is 201. The van der Waals surface area contributed by atoms with Crippen LogP contribution in [0.4, 0.5) is 0 Å². The van der Waals surface area contributed by atoms with E-state index in [-0.39, 0.29) is 5.60 Å². The van der Waals surface area contributed by atoms with E-state index in [0.29, 0.717) is 6.10 Å². The van der Waals surface area contributed by atoms with Crippen molar-refractivity contribution in [1.82, 2.24) is 0 Å². The highest BCUT2D eigenvalue weighted by Crippen LogP contribution is 2.48. The van der Waals surface area contributed by atoms with Crippen LogP contribution in [-0.2, 0) is 4.74 Å². The van der Waals surface area contributed by atoms with E-state index >= 15 is 0 Å². The summed E-state index contributed by atoms with van der Waals surface area (Å²) in [4.78, 5) is 0. The highest BCUT2D eigenvalue weighted by atomic mass is 16.5. The Balaban J connectivity index is 1.99. The van der Waals surface area contributed by atoms with Gasteiger partial charge in [-0.3, -0.25) is 0 Å². The van der Waals surface area contributed by atoms with E-state index < -0.39 is 0 Å². The van der Waals surface area contributed by atoms with Gasteiger partial charge in [0.05, 0.1) is 11.7 Å². The fraction of sp³-hybridized carbons (Fsp3) is 1.00. The van der Waals surface area contributed by atoms with Crippen molar-refractivity contribution in [2.45, 2.75) is 71.0 Å². The van der Waals surface area contributed by atoms with Gasteiger partial charge in [0.2, 0.25) is 0 Å². The summed E-state index contributed by atoms with van der Waals surface area (Å²) in [6.07, 6.45) is 8.51. The minimum atomic E-state index is 0.229. The Labute approximate surface area is 88.2 Å². The van der Waals surface area contributed by atoms with Gasteiger partial charge in [0.25, 0.3) is 0 Å². The van der Waals surface area contributed by atoms with Crippen LogP contribution < -0.4 is 0 Å². The molecule has 2 bridgehead atoms. The lowest BCUT2D eigenvalue weighted by molar-refractivity contribution is -0.205. The molecule has 0 aromatic carbocycles. The summed E-state index contributed by atoms with van der Waals surface area (Å²) in [5.74, 6) is 1.76. The SMILES string of the molecule is CCCC[C@H]1O[C@]2(C)CC[C@H]1[C@@H](C)C2. The van der Waals surface area contributed by atoms with Crippen LogP contribution in [0.5, 0.6) is 0 Å². The lowest BCUT2D eigenvalue weighted by atomic mass is 9.67. The minimum absolute atomic E-state index is 0.229. The first kappa shape index (κ1) is 10.5. The average Bonchev–Trinajstić information content (AvgIpc) is 2.13. The van der Waals surface area contributed by atoms with Crippen molar-refractivity contribution in [3.8, 4) is 0 Å². The summed E-state index contributed by atoms with van der Waals surface area (Å²) in [5, 5.41) is 0. The molecule has 0 unspecified atom stereocenters. The van der Waals surface area contributed by atoms with Crippen molar-refractivity contribution in [3.05, 3.63) is 0 Å². The summed E-state index contributed by atoms with van der Waals surface area (Å²) < 4.78 is 6.25. The molecular formula is C13H24O. The van der Waals surface area contributed by atoms with Gasteiger partial charge >= 0.3 is 0 Å². The van der Waals surface area contributed by atoms with Crippen LogP contribution in [0.15, 0.2) is 0 Å². The van der Waals surface area contributed by atoms with Gasteiger partial charge in [0, 0.05) is 0 Å².